The smallest absolute Gasteiger partial charge is 0.311 e. The molecule has 0 atom stereocenters. The van der Waals surface area contributed by atoms with Crippen LogP contribution in [0.4, 0.5) is 0 Å². The topological polar surface area (TPSA) is 61.8 Å². The van der Waals surface area contributed by atoms with E-state index in [0.717, 1.165) is 12.8 Å². The molecule has 5 heteroatoms. The van der Waals surface area contributed by atoms with Gasteiger partial charge < -0.3 is 14.2 Å². The minimum Gasteiger partial charge on any atom is -0.493 e. The third kappa shape index (κ3) is 5.93. The minimum atomic E-state index is -0.468. The van der Waals surface area contributed by atoms with Crippen LogP contribution in [0.1, 0.15) is 44.9 Å². The summed E-state index contributed by atoms with van der Waals surface area (Å²) in [6.07, 6.45) is 6.01. The van der Waals surface area contributed by atoms with Crippen molar-refractivity contribution in [2.24, 2.45) is 5.92 Å². The van der Waals surface area contributed by atoms with E-state index in [9.17, 15) is 9.59 Å². The largest absolute Gasteiger partial charge is 0.493 e. The van der Waals surface area contributed by atoms with E-state index < -0.39 is 5.97 Å². The molecule has 1 fully saturated rings. The van der Waals surface area contributed by atoms with Gasteiger partial charge in [0.15, 0.2) is 11.5 Å². The van der Waals surface area contributed by atoms with Gasteiger partial charge in [-0.3, -0.25) is 9.59 Å². The average Bonchev–Trinajstić information content (AvgIpc) is 2.59. The summed E-state index contributed by atoms with van der Waals surface area (Å²) >= 11 is 0. The van der Waals surface area contributed by atoms with Crippen LogP contribution in [0.2, 0.25) is 0 Å². The number of methoxy groups -OCH3 is 1. The first-order valence-electron chi connectivity index (χ1n) is 8.18. The average molecular weight is 320 g/mol. The van der Waals surface area contributed by atoms with E-state index in [0.29, 0.717) is 24.0 Å². The Labute approximate surface area is 136 Å². The molecule has 126 valence electrons. The van der Waals surface area contributed by atoms with Crippen molar-refractivity contribution in [3.63, 3.8) is 0 Å². The first kappa shape index (κ1) is 17.3. The lowest BCUT2D eigenvalue weighted by Crippen LogP contribution is -2.18. The van der Waals surface area contributed by atoms with Crippen LogP contribution in [0.15, 0.2) is 24.3 Å². The molecule has 2 rings (SSSR count). The number of carbonyl (C=O) groups excluding carboxylic acids is 2. The molecule has 0 spiro atoms. The second-order valence-corrected chi connectivity index (χ2v) is 5.81. The second-order valence-electron chi connectivity index (χ2n) is 5.81. The van der Waals surface area contributed by atoms with Crippen molar-refractivity contribution in [2.75, 3.05) is 13.7 Å². The molecular weight excluding hydrogens is 296 g/mol. The van der Waals surface area contributed by atoms with Crippen LogP contribution in [0.5, 0.6) is 11.5 Å². The normalized spacial score (nSPS) is 15.0. The molecule has 0 aromatic heterocycles. The molecule has 1 aliphatic carbocycles. The fraction of sp³-hybridized carbons (Fsp3) is 0.556. The van der Waals surface area contributed by atoms with Crippen LogP contribution in [-0.4, -0.2) is 25.7 Å². The van der Waals surface area contributed by atoms with Crippen LogP contribution in [0, 0.1) is 5.92 Å². The lowest BCUT2D eigenvalue weighted by Gasteiger charge is -2.20. The van der Waals surface area contributed by atoms with Crippen molar-refractivity contribution in [2.45, 2.75) is 44.9 Å². The van der Waals surface area contributed by atoms with Crippen molar-refractivity contribution in [3.05, 3.63) is 24.3 Å². The van der Waals surface area contributed by atoms with Gasteiger partial charge in [-0.05, 0) is 30.9 Å². The summed E-state index contributed by atoms with van der Waals surface area (Å²) in [7, 11) is 1.51. The Morgan fingerprint density at radius 2 is 1.65 bits per heavy atom. The predicted molar refractivity (Wildman–Crippen MR) is 85.4 cm³/mol. The molecule has 1 aromatic carbocycles. The van der Waals surface area contributed by atoms with Gasteiger partial charge in [0.2, 0.25) is 0 Å². The molecule has 1 aliphatic rings. The van der Waals surface area contributed by atoms with Crippen LogP contribution < -0.4 is 9.47 Å². The zero-order chi connectivity index (χ0) is 16.5. The Hall–Kier alpha value is -2.04. The first-order valence-corrected chi connectivity index (χ1v) is 8.18. The third-order valence-electron chi connectivity index (χ3n) is 4.03. The fourth-order valence-electron chi connectivity index (χ4n) is 2.72. The summed E-state index contributed by atoms with van der Waals surface area (Å²) in [5.74, 6) is 0.515. The van der Waals surface area contributed by atoms with Crippen LogP contribution in [-0.2, 0) is 14.3 Å². The minimum absolute atomic E-state index is 0.00154. The maximum Gasteiger partial charge on any atom is 0.311 e. The van der Waals surface area contributed by atoms with Crippen LogP contribution >= 0.6 is 0 Å². The molecule has 5 nitrogen and oxygen atoms in total. The van der Waals surface area contributed by atoms with Crippen molar-refractivity contribution in [1.82, 2.24) is 0 Å². The van der Waals surface area contributed by atoms with E-state index in [1.165, 1.54) is 26.4 Å². The van der Waals surface area contributed by atoms with Crippen molar-refractivity contribution >= 4 is 11.9 Å². The van der Waals surface area contributed by atoms with Crippen molar-refractivity contribution in [1.29, 1.82) is 0 Å². The molecular formula is C18H24O5. The van der Waals surface area contributed by atoms with Gasteiger partial charge in [-0.15, -0.1) is 0 Å². The van der Waals surface area contributed by atoms with Crippen molar-refractivity contribution < 1.29 is 23.8 Å². The van der Waals surface area contributed by atoms with Crippen LogP contribution in [0.25, 0.3) is 0 Å². The van der Waals surface area contributed by atoms with Gasteiger partial charge >= 0.3 is 11.9 Å². The fourth-order valence-corrected chi connectivity index (χ4v) is 2.72. The Morgan fingerprint density at radius 1 is 1.00 bits per heavy atom. The predicted octanol–water partition coefficient (Wildman–Crippen LogP) is 3.50. The lowest BCUT2D eigenvalue weighted by molar-refractivity contribution is -0.148. The van der Waals surface area contributed by atoms with E-state index in [2.05, 4.69) is 0 Å². The maximum atomic E-state index is 11.8. The third-order valence-corrected chi connectivity index (χ3v) is 4.03. The Kier molecular flexibility index (Phi) is 6.91. The summed E-state index contributed by atoms with van der Waals surface area (Å²) in [5.41, 5.74) is 0. The van der Waals surface area contributed by atoms with E-state index in [1.807, 2.05) is 0 Å². The second kappa shape index (κ2) is 9.18. The molecule has 1 aromatic rings. The van der Waals surface area contributed by atoms with Gasteiger partial charge in [-0.25, -0.2) is 0 Å². The lowest BCUT2D eigenvalue weighted by atomic mass is 9.90. The number of benzene rings is 1. The van der Waals surface area contributed by atoms with E-state index in [-0.39, 0.29) is 18.8 Å². The Morgan fingerprint density at radius 3 is 2.35 bits per heavy atom. The quantitative estimate of drug-likeness (QED) is 0.568. The highest BCUT2D eigenvalue weighted by Crippen LogP contribution is 2.26. The Balaban J connectivity index is 1.68. The SMILES string of the molecule is COc1ccccc1OC(=O)CCC(=O)OCC1CCCCC1. The first-order chi connectivity index (χ1) is 11.2. The molecule has 0 saturated heterocycles. The molecule has 0 N–H and O–H groups in total. The number of ether oxygens (including phenoxy) is 3. The molecule has 0 heterocycles. The molecule has 0 unspecified atom stereocenters. The number of hydrogen-bond acceptors (Lipinski definition) is 5. The van der Waals surface area contributed by atoms with Crippen molar-refractivity contribution in [3.8, 4) is 11.5 Å². The standard InChI is InChI=1S/C18H24O5/c1-21-15-9-5-6-10-16(15)23-18(20)12-11-17(19)22-13-14-7-3-2-4-8-14/h5-6,9-10,14H,2-4,7-8,11-13H2,1H3. The molecule has 0 amide bonds. The highest BCUT2D eigenvalue weighted by Gasteiger charge is 2.17. The summed E-state index contributed by atoms with van der Waals surface area (Å²) in [4.78, 5) is 23.5. The van der Waals surface area contributed by atoms with Crippen LogP contribution in [0.3, 0.4) is 0 Å². The zero-order valence-corrected chi connectivity index (χ0v) is 13.6. The summed E-state index contributed by atoms with van der Waals surface area (Å²) in [5, 5.41) is 0. The molecule has 0 bridgehead atoms. The number of para-hydroxylation sites is 2. The van der Waals surface area contributed by atoms with E-state index in [1.54, 1.807) is 24.3 Å². The molecule has 23 heavy (non-hydrogen) atoms. The van der Waals surface area contributed by atoms with Gasteiger partial charge in [0.05, 0.1) is 26.6 Å². The highest BCUT2D eigenvalue weighted by molar-refractivity contribution is 5.79. The van der Waals surface area contributed by atoms with E-state index >= 15 is 0 Å². The molecule has 0 aliphatic heterocycles. The van der Waals surface area contributed by atoms with Gasteiger partial charge in [-0.2, -0.15) is 0 Å². The number of esters is 2. The van der Waals surface area contributed by atoms with Gasteiger partial charge in [0.25, 0.3) is 0 Å². The monoisotopic (exact) mass is 320 g/mol. The van der Waals surface area contributed by atoms with Gasteiger partial charge in [0, 0.05) is 0 Å². The summed E-state index contributed by atoms with van der Waals surface area (Å²) in [6, 6.07) is 6.90. The summed E-state index contributed by atoms with van der Waals surface area (Å²) in [6.45, 7) is 0.473. The molecule has 1 saturated carbocycles. The van der Waals surface area contributed by atoms with Gasteiger partial charge in [-0.1, -0.05) is 31.4 Å². The number of hydrogen-bond donors (Lipinski definition) is 0. The van der Waals surface area contributed by atoms with E-state index in [4.69, 9.17) is 14.2 Å². The maximum absolute atomic E-state index is 11.8. The highest BCUT2D eigenvalue weighted by atomic mass is 16.6. The number of rotatable bonds is 7. The summed E-state index contributed by atoms with van der Waals surface area (Å²) < 4.78 is 15.6. The molecule has 0 radical (unpaired) electrons. The van der Waals surface area contributed by atoms with Gasteiger partial charge in [0.1, 0.15) is 0 Å². The zero-order valence-electron chi connectivity index (χ0n) is 13.6. The number of carbonyl (C=O) groups is 2. The Bertz CT molecular complexity index is 520.